The molecule has 0 aliphatic carbocycles. The van der Waals surface area contributed by atoms with E-state index in [4.69, 9.17) is 15.6 Å². The summed E-state index contributed by atoms with van der Waals surface area (Å²) >= 11 is 0. The Kier molecular flexibility index (Phi) is 6.67. The molecule has 6 nitrogen and oxygen atoms in total. The Labute approximate surface area is 95.1 Å². The fourth-order valence-electron chi connectivity index (χ4n) is 1.01. The molecule has 0 rings (SSSR count). The molecule has 0 aliphatic heterocycles. The van der Waals surface area contributed by atoms with Crippen LogP contribution in [-0.4, -0.2) is 43.3 Å². The van der Waals surface area contributed by atoms with E-state index in [9.17, 15) is 9.59 Å². The number of hydrogen-bond donors (Lipinski definition) is 3. The maximum Gasteiger partial charge on any atom is 0.329 e. The number of aliphatic carboxylic acids is 1. The number of carbonyl (C=O) groups is 2. The fourth-order valence-corrected chi connectivity index (χ4v) is 1.01. The lowest BCUT2D eigenvalue weighted by Crippen LogP contribution is -2.44. The Balaban J connectivity index is 3.77. The van der Waals surface area contributed by atoms with Crippen molar-refractivity contribution < 1.29 is 19.4 Å². The van der Waals surface area contributed by atoms with Crippen LogP contribution in [0.1, 0.15) is 20.3 Å². The number of carboxylic acid groups (broad SMARTS) is 1. The zero-order valence-corrected chi connectivity index (χ0v) is 9.78. The molecular weight excluding hydrogens is 212 g/mol. The van der Waals surface area contributed by atoms with E-state index in [2.05, 4.69) is 5.32 Å². The molecule has 1 amide bonds. The van der Waals surface area contributed by atoms with Gasteiger partial charge in [-0.15, -0.1) is 0 Å². The summed E-state index contributed by atoms with van der Waals surface area (Å²) in [5.74, 6) is -1.15. The first kappa shape index (κ1) is 14.9. The quantitative estimate of drug-likeness (QED) is 0.493. The molecule has 0 bridgehead atoms. The Morgan fingerprint density at radius 3 is 2.56 bits per heavy atom. The van der Waals surface area contributed by atoms with Gasteiger partial charge in [-0.3, -0.25) is 4.79 Å². The maximum absolute atomic E-state index is 11.7. The summed E-state index contributed by atoms with van der Waals surface area (Å²) in [5, 5.41) is 11.0. The van der Waals surface area contributed by atoms with Gasteiger partial charge in [-0.25, -0.2) is 4.79 Å². The molecular formula is C10H20N2O4. The molecule has 0 fully saturated rings. The van der Waals surface area contributed by atoms with Gasteiger partial charge in [0.2, 0.25) is 5.91 Å². The third-order valence-corrected chi connectivity index (χ3v) is 2.54. The largest absolute Gasteiger partial charge is 0.480 e. The van der Waals surface area contributed by atoms with Gasteiger partial charge in [-0.1, -0.05) is 6.92 Å². The Morgan fingerprint density at radius 2 is 2.12 bits per heavy atom. The van der Waals surface area contributed by atoms with E-state index in [1.807, 2.05) is 6.92 Å². The van der Waals surface area contributed by atoms with Crippen LogP contribution >= 0.6 is 0 Å². The molecule has 0 saturated carbocycles. The maximum atomic E-state index is 11.7. The minimum absolute atomic E-state index is 0.128. The molecule has 0 aromatic rings. The van der Waals surface area contributed by atoms with E-state index in [0.29, 0.717) is 13.0 Å². The molecule has 0 saturated heterocycles. The molecule has 0 spiro atoms. The number of ether oxygens (including phenoxy) is 1. The van der Waals surface area contributed by atoms with Gasteiger partial charge < -0.3 is 20.9 Å². The van der Waals surface area contributed by atoms with Crippen LogP contribution in [0.25, 0.3) is 0 Å². The van der Waals surface area contributed by atoms with Crippen LogP contribution in [0.3, 0.4) is 0 Å². The van der Waals surface area contributed by atoms with Gasteiger partial charge in [-0.2, -0.15) is 0 Å². The predicted octanol–water partition coefficient (Wildman–Crippen LogP) is -0.421. The standard InChI is InChI=1S/C10H20N2O4/c1-3-10(2,7-11)9(15)12-4-5-16-6-8(13)14/h3-7,11H2,1-2H3,(H,12,15)(H,13,14). The third kappa shape index (κ3) is 5.09. The van der Waals surface area contributed by atoms with Crippen molar-refractivity contribution >= 4 is 11.9 Å². The number of amides is 1. The zero-order valence-electron chi connectivity index (χ0n) is 9.78. The van der Waals surface area contributed by atoms with Crippen molar-refractivity contribution in [2.24, 2.45) is 11.1 Å². The van der Waals surface area contributed by atoms with E-state index in [1.165, 1.54) is 0 Å². The van der Waals surface area contributed by atoms with Crippen LogP contribution in [0, 0.1) is 5.41 Å². The van der Waals surface area contributed by atoms with E-state index < -0.39 is 11.4 Å². The first-order valence-corrected chi connectivity index (χ1v) is 5.24. The highest BCUT2D eigenvalue weighted by molar-refractivity contribution is 5.82. The average molecular weight is 232 g/mol. The van der Waals surface area contributed by atoms with Crippen LogP contribution in [-0.2, 0) is 14.3 Å². The van der Waals surface area contributed by atoms with Crippen molar-refractivity contribution in [2.45, 2.75) is 20.3 Å². The molecule has 0 radical (unpaired) electrons. The van der Waals surface area contributed by atoms with Gasteiger partial charge in [-0.05, 0) is 13.3 Å². The number of rotatable bonds is 8. The monoisotopic (exact) mass is 232 g/mol. The van der Waals surface area contributed by atoms with Crippen LogP contribution in [0.2, 0.25) is 0 Å². The second-order valence-corrected chi connectivity index (χ2v) is 3.82. The molecule has 6 heteroatoms. The van der Waals surface area contributed by atoms with Crippen molar-refractivity contribution in [1.29, 1.82) is 0 Å². The average Bonchev–Trinajstić information content (AvgIpc) is 2.26. The summed E-state index contributed by atoms with van der Waals surface area (Å²) in [6.45, 7) is 4.10. The lowest BCUT2D eigenvalue weighted by atomic mass is 9.87. The molecule has 4 N–H and O–H groups in total. The Hall–Kier alpha value is -1.14. The first-order valence-electron chi connectivity index (χ1n) is 5.24. The summed E-state index contributed by atoms with van der Waals surface area (Å²) in [4.78, 5) is 21.8. The van der Waals surface area contributed by atoms with E-state index in [0.717, 1.165) is 0 Å². The number of nitrogens with one attached hydrogen (secondary N) is 1. The molecule has 1 atom stereocenters. The van der Waals surface area contributed by atoms with Gasteiger partial charge in [0.05, 0.1) is 12.0 Å². The van der Waals surface area contributed by atoms with Crippen LogP contribution < -0.4 is 11.1 Å². The Morgan fingerprint density at radius 1 is 1.50 bits per heavy atom. The highest BCUT2D eigenvalue weighted by atomic mass is 16.5. The molecule has 0 heterocycles. The summed E-state index contributed by atoms with van der Waals surface area (Å²) < 4.78 is 4.78. The molecule has 16 heavy (non-hydrogen) atoms. The Bertz CT molecular complexity index is 239. The highest BCUT2D eigenvalue weighted by Crippen LogP contribution is 2.18. The number of hydrogen-bond acceptors (Lipinski definition) is 4. The second kappa shape index (κ2) is 7.19. The van der Waals surface area contributed by atoms with E-state index in [-0.39, 0.29) is 25.7 Å². The first-order chi connectivity index (χ1) is 7.46. The molecule has 94 valence electrons. The van der Waals surface area contributed by atoms with Crippen molar-refractivity contribution in [3.05, 3.63) is 0 Å². The van der Waals surface area contributed by atoms with Crippen molar-refractivity contribution in [2.75, 3.05) is 26.3 Å². The van der Waals surface area contributed by atoms with Crippen molar-refractivity contribution in [1.82, 2.24) is 5.32 Å². The topological polar surface area (TPSA) is 102 Å². The third-order valence-electron chi connectivity index (χ3n) is 2.54. The van der Waals surface area contributed by atoms with Gasteiger partial charge in [0.15, 0.2) is 0 Å². The zero-order chi connectivity index (χ0) is 12.6. The fraction of sp³-hybridized carbons (Fsp3) is 0.800. The molecule has 0 aliphatic rings. The summed E-state index contributed by atoms with van der Waals surface area (Å²) in [5.41, 5.74) is 4.96. The highest BCUT2D eigenvalue weighted by Gasteiger charge is 2.28. The molecule has 0 aromatic carbocycles. The molecule has 1 unspecified atom stereocenters. The SMILES string of the molecule is CCC(C)(CN)C(=O)NCCOCC(=O)O. The number of nitrogens with two attached hydrogens (primary N) is 1. The lowest BCUT2D eigenvalue weighted by molar-refractivity contribution is -0.142. The summed E-state index contributed by atoms with van der Waals surface area (Å²) in [6.07, 6.45) is 0.658. The van der Waals surface area contributed by atoms with Gasteiger partial charge in [0, 0.05) is 13.1 Å². The minimum Gasteiger partial charge on any atom is -0.480 e. The van der Waals surface area contributed by atoms with Gasteiger partial charge in [0.1, 0.15) is 6.61 Å². The summed E-state index contributed by atoms with van der Waals surface area (Å²) in [6, 6.07) is 0. The normalized spacial score (nSPS) is 14.2. The second-order valence-electron chi connectivity index (χ2n) is 3.82. The predicted molar refractivity (Wildman–Crippen MR) is 58.9 cm³/mol. The number of carboxylic acids is 1. The van der Waals surface area contributed by atoms with Gasteiger partial charge in [0.25, 0.3) is 0 Å². The number of carbonyl (C=O) groups excluding carboxylic acids is 1. The van der Waals surface area contributed by atoms with Gasteiger partial charge >= 0.3 is 5.97 Å². The summed E-state index contributed by atoms with van der Waals surface area (Å²) in [7, 11) is 0. The van der Waals surface area contributed by atoms with E-state index >= 15 is 0 Å². The van der Waals surface area contributed by atoms with Crippen LogP contribution in [0.5, 0.6) is 0 Å². The lowest BCUT2D eigenvalue weighted by Gasteiger charge is -2.24. The van der Waals surface area contributed by atoms with Crippen LogP contribution in [0.4, 0.5) is 0 Å². The molecule has 0 aromatic heterocycles. The minimum atomic E-state index is -1.02. The van der Waals surface area contributed by atoms with Crippen LogP contribution in [0.15, 0.2) is 0 Å². The van der Waals surface area contributed by atoms with Crippen molar-refractivity contribution in [3.8, 4) is 0 Å². The van der Waals surface area contributed by atoms with E-state index in [1.54, 1.807) is 6.92 Å². The smallest absolute Gasteiger partial charge is 0.329 e. The van der Waals surface area contributed by atoms with Crippen molar-refractivity contribution in [3.63, 3.8) is 0 Å².